The van der Waals surface area contributed by atoms with Crippen LogP contribution in [0.4, 0.5) is 0 Å². The second-order valence-corrected chi connectivity index (χ2v) is 6.10. The molecule has 9 nitrogen and oxygen atoms in total. The zero-order valence-electron chi connectivity index (χ0n) is 16.6. The van der Waals surface area contributed by atoms with Crippen LogP contribution < -0.4 is 9.47 Å². The first-order valence-electron chi connectivity index (χ1n) is 8.58. The minimum atomic E-state index is -1.97. The first kappa shape index (κ1) is 20.4. The molecule has 9 heteroatoms. The molecule has 0 N–H and O–H groups in total. The normalized spacial score (nSPS) is 22.7. The van der Waals surface area contributed by atoms with Crippen LogP contribution in [0.25, 0.3) is 0 Å². The number of benzene rings is 1. The van der Waals surface area contributed by atoms with Gasteiger partial charge in [-0.15, -0.1) is 0 Å². The zero-order valence-corrected chi connectivity index (χ0v) is 16.6. The van der Waals surface area contributed by atoms with E-state index in [1.807, 2.05) is 0 Å². The van der Waals surface area contributed by atoms with E-state index in [0.717, 1.165) is 0 Å². The second kappa shape index (κ2) is 7.59. The van der Waals surface area contributed by atoms with Gasteiger partial charge in [-0.2, -0.15) is 0 Å². The molecule has 0 aromatic heterocycles. The third-order valence-corrected chi connectivity index (χ3v) is 4.59. The Bertz CT molecular complexity index is 944. The van der Waals surface area contributed by atoms with Gasteiger partial charge in [-0.25, -0.2) is 4.79 Å². The zero-order chi connectivity index (χ0) is 21.3. The topological polar surface area (TPSA) is 110 Å². The number of methoxy groups -OCH3 is 4. The van der Waals surface area contributed by atoms with Crippen molar-refractivity contribution in [2.24, 2.45) is 0 Å². The molecule has 1 aromatic rings. The number of hydrogen-bond acceptors (Lipinski definition) is 9. The monoisotopic (exact) mass is 404 g/mol. The molecule has 29 heavy (non-hydrogen) atoms. The SMILES string of the molecule is C/C=C/C1=C(OC)C(=O)C2(C(=O)c3c(OC)cc(OC)cc3C(=O)OC)OC2O1. The molecule has 2 aliphatic rings. The molecule has 0 amide bonds. The van der Waals surface area contributed by atoms with Gasteiger partial charge < -0.3 is 28.4 Å². The molecule has 2 atom stereocenters. The number of Topliss-reactive ketones (excluding diaryl/α,β-unsaturated/α-hetero) is 2. The summed E-state index contributed by atoms with van der Waals surface area (Å²) in [6.45, 7) is 1.74. The van der Waals surface area contributed by atoms with E-state index in [2.05, 4.69) is 0 Å². The van der Waals surface area contributed by atoms with Crippen LogP contribution in [0.2, 0.25) is 0 Å². The fraction of sp³-hybridized carbons (Fsp3) is 0.350. The molecule has 0 spiro atoms. The molecule has 1 saturated heterocycles. The fourth-order valence-electron chi connectivity index (χ4n) is 3.14. The molecule has 0 radical (unpaired) electrons. The quantitative estimate of drug-likeness (QED) is 0.291. The van der Waals surface area contributed by atoms with Gasteiger partial charge >= 0.3 is 5.97 Å². The number of ether oxygens (including phenoxy) is 6. The van der Waals surface area contributed by atoms with Gasteiger partial charge in [0.25, 0.3) is 5.60 Å². The van der Waals surface area contributed by atoms with Crippen molar-refractivity contribution >= 4 is 17.5 Å². The molecule has 2 aliphatic heterocycles. The van der Waals surface area contributed by atoms with Crippen LogP contribution in [0.15, 0.2) is 35.8 Å². The van der Waals surface area contributed by atoms with Crippen molar-refractivity contribution in [3.05, 3.63) is 46.9 Å². The third kappa shape index (κ3) is 3.03. The number of esters is 1. The number of epoxide rings is 1. The summed E-state index contributed by atoms with van der Waals surface area (Å²) in [6, 6.07) is 2.74. The highest BCUT2D eigenvalue weighted by Crippen LogP contribution is 2.49. The number of carbonyl (C=O) groups is 3. The van der Waals surface area contributed by atoms with Crippen LogP contribution in [0, 0.1) is 0 Å². The first-order valence-corrected chi connectivity index (χ1v) is 8.58. The van der Waals surface area contributed by atoms with Gasteiger partial charge in [0.15, 0.2) is 5.76 Å². The van der Waals surface area contributed by atoms with Gasteiger partial charge in [0.1, 0.15) is 11.5 Å². The van der Waals surface area contributed by atoms with E-state index in [1.54, 1.807) is 13.0 Å². The molecule has 1 fully saturated rings. The summed E-state index contributed by atoms with van der Waals surface area (Å²) in [6.07, 6.45) is 2.03. The standard InChI is InChI=1S/C20H20O9/c1-6-7-12-15(26-4)17(22)20(19(28-12)29-20)16(21)14-11(18(23)27-5)8-10(24-2)9-13(14)25-3/h6-9,19H,1-5H3/b7-6+. The number of hydrogen-bond donors (Lipinski definition) is 0. The molecule has 2 unspecified atom stereocenters. The minimum absolute atomic E-state index is 0.0216. The van der Waals surface area contributed by atoms with Crippen molar-refractivity contribution in [3.63, 3.8) is 0 Å². The molecule has 3 rings (SSSR count). The van der Waals surface area contributed by atoms with Gasteiger partial charge in [0, 0.05) is 6.07 Å². The van der Waals surface area contributed by atoms with E-state index >= 15 is 0 Å². The van der Waals surface area contributed by atoms with Gasteiger partial charge in [-0.3, -0.25) is 9.59 Å². The lowest BCUT2D eigenvalue weighted by Crippen LogP contribution is -2.42. The summed E-state index contributed by atoms with van der Waals surface area (Å²) in [7, 11) is 5.17. The lowest BCUT2D eigenvalue weighted by Gasteiger charge is -2.21. The van der Waals surface area contributed by atoms with Crippen molar-refractivity contribution in [3.8, 4) is 11.5 Å². The Kier molecular flexibility index (Phi) is 5.34. The predicted octanol–water partition coefficient (Wildman–Crippen LogP) is 1.80. The Morgan fingerprint density at radius 3 is 2.38 bits per heavy atom. The summed E-state index contributed by atoms with van der Waals surface area (Å²) >= 11 is 0. The lowest BCUT2D eigenvalue weighted by atomic mass is 9.87. The Balaban J connectivity index is 2.15. The van der Waals surface area contributed by atoms with Crippen LogP contribution >= 0.6 is 0 Å². The number of fused-ring (bicyclic) bond motifs is 1. The number of carbonyl (C=O) groups excluding carboxylic acids is 3. The highest BCUT2D eigenvalue weighted by atomic mass is 16.8. The first-order chi connectivity index (χ1) is 13.9. The van der Waals surface area contributed by atoms with E-state index < -0.39 is 29.4 Å². The van der Waals surface area contributed by atoms with E-state index in [1.165, 1.54) is 46.6 Å². The van der Waals surface area contributed by atoms with Crippen molar-refractivity contribution in [1.82, 2.24) is 0 Å². The van der Waals surface area contributed by atoms with Gasteiger partial charge in [-0.1, -0.05) is 6.08 Å². The highest BCUT2D eigenvalue weighted by Gasteiger charge is 2.74. The van der Waals surface area contributed by atoms with Crippen LogP contribution in [-0.4, -0.2) is 57.9 Å². The molecule has 2 heterocycles. The predicted molar refractivity (Wildman–Crippen MR) is 97.8 cm³/mol. The average Bonchev–Trinajstić information content (AvgIpc) is 3.48. The lowest BCUT2D eigenvalue weighted by molar-refractivity contribution is -0.123. The average molecular weight is 404 g/mol. The van der Waals surface area contributed by atoms with E-state index in [4.69, 9.17) is 28.4 Å². The van der Waals surface area contributed by atoms with Crippen molar-refractivity contribution in [2.45, 2.75) is 18.8 Å². The van der Waals surface area contributed by atoms with E-state index in [0.29, 0.717) is 0 Å². The molecule has 1 aromatic carbocycles. The van der Waals surface area contributed by atoms with Crippen molar-refractivity contribution in [2.75, 3.05) is 28.4 Å². The molecular weight excluding hydrogens is 384 g/mol. The number of allylic oxidation sites excluding steroid dienone is 2. The summed E-state index contributed by atoms with van der Waals surface area (Å²) in [4.78, 5) is 38.9. The smallest absolute Gasteiger partial charge is 0.338 e. The van der Waals surface area contributed by atoms with Crippen LogP contribution in [0.5, 0.6) is 11.5 Å². The largest absolute Gasteiger partial charge is 0.497 e. The second-order valence-electron chi connectivity index (χ2n) is 6.10. The fourth-order valence-corrected chi connectivity index (χ4v) is 3.14. The third-order valence-electron chi connectivity index (χ3n) is 4.59. The Morgan fingerprint density at radius 1 is 1.10 bits per heavy atom. The summed E-state index contributed by atoms with van der Waals surface area (Å²) in [5.41, 5.74) is -2.28. The maximum Gasteiger partial charge on any atom is 0.338 e. The molecular formula is C20H20O9. The van der Waals surface area contributed by atoms with Gasteiger partial charge in [-0.05, 0) is 19.1 Å². The Hall–Kier alpha value is -3.33. The van der Waals surface area contributed by atoms with Crippen LogP contribution in [-0.2, 0) is 23.7 Å². The van der Waals surface area contributed by atoms with Crippen LogP contribution in [0.3, 0.4) is 0 Å². The Labute approximate surface area is 166 Å². The molecule has 0 bridgehead atoms. The summed E-state index contributed by atoms with van der Waals surface area (Å²) < 4.78 is 31.3. The highest BCUT2D eigenvalue weighted by molar-refractivity contribution is 6.27. The minimum Gasteiger partial charge on any atom is -0.497 e. The van der Waals surface area contributed by atoms with Crippen molar-refractivity contribution in [1.29, 1.82) is 0 Å². The van der Waals surface area contributed by atoms with Gasteiger partial charge in [0.2, 0.25) is 23.6 Å². The molecule has 154 valence electrons. The van der Waals surface area contributed by atoms with E-state index in [9.17, 15) is 14.4 Å². The maximum absolute atomic E-state index is 13.5. The molecule has 0 aliphatic carbocycles. The van der Waals surface area contributed by atoms with Gasteiger partial charge in [0.05, 0.1) is 39.6 Å². The van der Waals surface area contributed by atoms with E-state index in [-0.39, 0.29) is 34.1 Å². The number of ketones is 2. The van der Waals surface area contributed by atoms with Crippen LogP contribution in [0.1, 0.15) is 27.6 Å². The maximum atomic E-state index is 13.5. The molecule has 0 saturated carbocycles. The summed E-state index contributed by atoms with van der Waals surface area (Å²) in [5.74, 6) is -2.03. The Morgan fingerprint density at radius 2 is 1.83 bits per heavy atom. The number of rotatable bonds is 7. The summed E-state index contributed by atoms with van der Waals surface area (Å²) in [5, 5.41) is 0. The van der Waals surface area contributed by atoms with Crippen molar-refractivity contribution < 1.29 is 42.8 Å².